The van der Waals surface area contributed by atoms with Gasteiger partial charge in [0, 0.05) is 63.9 Å². The third kappa shape index (κ3) is 9.06. The van der Waals surface area contributed by atoms with E-state index in [1.807, 2.05) is 41.3 Å². The van der Waals surface area contributed by atoms with Crippen LogP contribution in [0.15, 0.2) is 60.7 Å². The summed E-state index contributed by atoms with van der Waals surface area (Å²) in [6.45, 7) is 2.69. The van der Waals surface area contributed by atoms with Crippen LogP contribution >= 0.6 is 24.8 Å². The van der Waals surface area contributed by atoms with E-state index in [1.165, 1.54) is 14.2 Å². The van der Waals surface area contributed by atoms with E-state index in [9.17, 15) is 18.0 Å². The maximum absolute atomic E-state index is 13.5. The molecule has 0 bridgehead atoms. The molecule has 2 aromatic carbocycles. The number of hydrogen-bond donors (Lipinski definition) is 0. The first-order valence-electron chi connectivity index (χ1n) is 15.9. The zero-order valence-corrected chi connectivity index (χ0v) is 29.0. The number of alkyl halides is 3. The summed E-state index contributed by atoms with van der Waals surface area (Å²) in [5.41, 5.74) is 2.61. The fourth-order valence-corrected chi connectivity index (χ4v) is 7.10. The first kappa shape index (κ1) is 38.4. The number of aromatic nitrogens is 2. The van der Waals surface area contributed by atoms with Crippen molar-refractivity contribution in [3.8, 4) is 17.8 Å². The molecule has 4 heterocycles. The number of nitrogens with zero attached hydrogens (tertiary/aromatic N) is 5. The summed E-state index contributed by atoms with van der Waals surface area (Å²) in [5.74, 6) is -0.186. The molecular formula is C34H42Cl2F3N5O5. The molecule has 3 atom stereocenters. The van der Waals surface area contributed by atoms with Crippen LogP contribution in [-0.2, 0) is 16.1 Å². The van der Waals surface area contributed by atoms with Crippen LogP contribution in [0.25, 0.3) is 0 Å². The number of carbonyl (C=O) groups is 1. The van der Waals surface area contributed by atoms with Crippen LogP contribution in [0, 0.1) is 5.92 Å². The Balaban J connectivity index is 0.00000270. The molecule has 3 saturated heterocycles. The topological polar surface area (TPSA) is 89.5 Å². The highest BCUT2D eigenvalue weighted by atomic mass is 35.5. The number of methoxy groups -OCH3 is 2. The standard InChI is InChI=1S/C34H40F3N5O5.2ClH/c1-44-30-27(31(39-33(38-30)45-2)47-22-34(35,36)37)19-40-17-26-18-41(32(43)25-13-16-46-21-25)14-15-42(26)28(20-40)29(23-9-5-3-6-10-23)24-11-7-4-8-12-24;;/h3-12,25-26,28-29H,13-22H2,1-2H3;2*1H. The smallest absolute Gasteiger partial charge is 0.422 e. The molecule has 268 valence electrons. The third-order valence-electron chi connectivity index (χ3n) is 9.20. The fourth-order valence-electron chi connectivity index (χ4n) is 7.10. The zero-order chi connectivity index (χ0) is 33.0. The highest BCUT2D eigenvalue weighted by molar-refractivity contribution is 5.85. The van der Waals surface area contributed by atoms with E-state index in [-0.39, 0.29) is 79.0 Å². The van der Waals surface area contributed by atoms with Crippen molar-refractivity contribution < 1.29 is 36.9 Å². The number of fused-ring (bicyclic) bond motifs is 1. The lowest BCUT2D eigenvalue weighted by Gasteiger charge is -2.53. The Morgan fingerprint density at radius 2 is 1.57 bits per heavy atom. The molecule has 0 spiro atoms. The van der Waals surface area contributed by atoms with E-state index in [1.54, 1.807) is 0 Å². The Bertz CT molecular complexity index is 1470. The number of hydrogen-bond acceptors (Lipinski definition) is 9. The van der Waals surface area contributed by atoms with Gasteiger partial charge in [0.2, 0.25) is 17.7 Å². The number of carbonyl (C=O) groups excluding carboxylic acids is 1. The number of halogens is 5. The Morgan fingerprint density at radius 3 is 2.14 bits per heavy atom. The van der Waals surface area contributed by atoms with Gasteiger partial charge in [0.05, 0.1) is 32.3 Å². The molecule has 1 amide bonds. The summed E-state index contributed by atoms with van der Waals surface area (Å²) in [6, 6.07) is 20.5. The van der Waals surface area contributed by atoms with Crippen LogP contribution in [0.3, 0.4) is 0 Å². The highest BCUT2D eigenvalue weighted by Crippen LogP contribution is 2.38. The lowest BCUT2D eigenvalue weighted by molar-refractivity contribution is -0.154. The van der Waals surface area contributed by atoms with Gasteiger partial charge in [0.15, 0.2) is 6.61 Å². The van der Waals surface area contributed by atoms with Gasteiger partial charge < -0.3 is 23.8 Å². The minimum atomic E-state index is -4.57. The number of benzene rings is 2. The molecular weight excluding hydrogens is 686 g/mol. The molecule has 3 aliphatic rings. The van der Waals surface area contributed by atoms with Gasteiger partial charge in [-0.05, 0) is 17.5 Å². The third-order valence-corrected chi connectivity index (χ3v) is 9.20. The van der Waals surface area contributed by atoms with Gasteiger partial charge >= 0.3 is 12.2 Å². The van der Waals surface area contributed by atoms with Crippen LogP contribution < -0.4 is 14.2 Å². The van der Waals surface area contributed by atoms with Gasteiger partial charge in [-0.1, -0.05) is 60.7 Å². The SMILES string of the molecule is COc1nc(OC)c(CN2CC3CN(C(=O)C4CCOC4)CCN3C(C(c3ccccc3)c3ccccc3)C2)c(OCC(F)(F)F)n1.Cl.Cl. The van der Waals surface area contributed by atoms with Gasteiger partial charge in [-0.3, -0.25) is 14.6 Å². The molecule has 49 heavy (non-hydrogen) atoms. The Hall–Kier alpha value is -3.36. The zero-order valence-electron chi connectivity index (χ0n) is 27.4. The van der Waals surface area contributed by atoms with Gasteiger partial charge in [0.25, 0.3) is 0 Å². The van der Waals surface area contributed by atoms with E-state index in [0.717, 1.165) is 17.5 Å². The largest absolute Gasteiger partial charge is 0.481 e. The summed E-state index contributed by atoms with van der Waals surface area (Å²) >= 11 is 0. The Kier molecular flexibility index (Phi) is 13.4. The van der Waals surface area contributed by atoms with Crippen molar-refractivity contribution in [1.82, 2.24) is 24.7 Å². The summed E-state index contributed by atoms with van der Waals surface area (Å²) in [7, 11) is 2.73. The molecule has 6 rings (SSSR count). The molecule has 3 fully saturated rings. The Labute approximate surface area is 296 Å². The predicted molar refractivity (Wildman–Crippen MR) is 181 cm³/mol. The fraction of sp³-hybridized carbons (Fsp3) is 0.500. The molecule has 0 N–H and O–H groups in total. The van der Waals surface area contributed by atoms with Crippen LogP contribution in [0.2, 0.25) is 0 Å². The van der Waals surface area contributed by atoms with Crippen molar-refractivity contribution in [2.45, 2.75) is 37.1 Å². The first-order chi connectivity index (χ1) is 22.7. The maximum atomic E-state index is 13.5. The number of rotatable bonds is 10. The van der Waals surface area contributed by atoms with Gasteiger partial charge in [-0.25, -0.2) is 0 Å². The van der Waals surface area contributed by atoms with Gasteiger partial charge in [0.1, 0.15) is 0 Å². The second kappa shape index (κ2) is 17.0. The lowest BCUT2D eigenvalue weighted by atomic mass is 9.81. The number of amides is 1. The van der Waals surface area contributed by atoms with Gasteiger partial charge in [-0.15, -0.1) is 24.8 Å². The van der Waals surface area contributed by atoms with Crippen LogP contribution in [0.4, 0.5) is 13.2 Å². The summed E-state index contributed by atoms with van der Waals surface area (Å²) in [4.78, 5) is 28.6. The maximum Gasteiger partial charge on any atom is 0.422 e. The highest BCUT2D eigenvalue weighted by Gasteiger charge is 2.44. The molecule has 1 aromatic heterocycles. The Morgan fingerprint density at radius 1 is 0.918 bits per heavy atom. The molecule has 0 radical (unpaired) electrons. The summed E-state index contributed by atoms with van der Waals surface area (Å²) in [6.07, 6.45) is -3.85. The molecule has 0 saturated carbocycles. The summed E-state index contributed by atoms with van der Waals surface area (Å²) in [5, 5.41) is 0. The molecule has 0 aliphatic carbocycles. The van der Waals surface area contributed by atoms with Crippen molar-refractivity contribution in [1.29, 1.82) is 0 Å². The second-order valence-corrected chi connectivity index (χ2v) is 12.2. The van der Waals surface area contributed by atoms with Crippen molar-refractivity contribution in [3.63, 3.8) is 0 Å². The average molecular weight is 729 g/mol. The average Bonchev–Trinajstić information content (AvgIpc) is 3.63. The minimum absolute atomic E-state index is 0. The van der Waals surface area contributed by atoms with Crippen molar-refractivity contribution in [3.05, 3.63) is 77.4 Å². The van der Waals surface area contributed by atoms with Crippen LogP contribution in [0.5, 0.6) is 17.8 Å². The monoisotopic (exact) mass is 727 g/mol. The van der Waals surface area contributed by atoms with Crippen molar-refractivity contribution in [2.75, 3.05) is 66.8 Å². The van der Waals surface area contributed by atoms with E-state index in [2.05, 4.69) is 44.0 Å². The van der Waals surface area contributed by atoms with E-state index < -0.39 is 12.8 Å². The molecule has 15 heteroatoms. The van der Waals surface area contributed by atoms with Crippen LogP contribution in [0.1, 0.15) is 29.0 Å². The predicted octanol–water partition coefficient (Wildman–Crippen LogP) is 4.84. The second-order valence-electron chi connectivity index (χ2n) is 12.2. The molecule has 3 aliphatic heterocycles. The van der Waals surface area contributed by atoms with E-state index in [4.69, 9.17) is 18.9 Å². The normalized spacial score (nSPS) is 21.3. The summed E-state index contributed by atoms with van der Waals surface area (Å²) < 4.78 is 61.2. The lowest BCUT2D eigenvalue weighted by Crippen LogP contribution is -2.67. The van der Waals surface area contributed by atoms with Crippen molar-refractivity contribution >= 4 is 30.7 Å². The first-order valence-corrected chi connectivity index (χ1v) is 15.9. The van der Waals surface area contributed by atoms with E-state index in [0.29, 0.717) is 51.5 Å². The van der Waals surface area contributed by atoms with Gasteiger partial charge in [-0.2, -0.15) is 23.1 Å². The van der Waals surface area contributed by atoms with Crippen molar-refractivity contribution in [2.24, 2.45) is 5.92 Å². The van der Waals surface area contributed by atoms with Crippen LogP contribution in [-0.4, -0.2) is 116 Å². The molecule has 10 nitrogen and oxygen atoms in total. The quantitative estimate of drug-likeness (QED) is 0.291. The number of piperazine rings is 2. The number of ether oxygens (including phenoxy) is 4. The van der Waals surface area contributed by atoms with E-state index >= 15 is 0 Å². The minimum Gasteiger partial charge on any atom is -0.481 e. The molecule has 3 aromatic rings. The molecule has 3 unspecified atom stereocenters.